The Hall–Kier alpha value is -1.02. The van der Waals surface area contributed by atoms with E-state index in [1.165, 1.54) is 5.56 Å². The summed E-state index contributed by atoms with van der Waals surface area (Å²) in [5.41, 5.74) is 7.44. The van der Waals surface area contributed by atoms with Gasteiger partial charge >= 0.3 is 0 Å². The molecule has 0 bridgehead atoms. The second kappa shape index (κ2) is 5.54. The molecule has 96 valence electrons. The molecule has 0 aliphatic heterocycles. The van der Waals surface area contributed by atoms with Crippen molar-refractivity contribution in [1.29, 1.82) is 0 Å². The van der Waals surface area contributed by atoms with Gasteiger partial charge in [0.15, 0.2) is 0 Å². The highest BCUT2D eigenvalue weighted by molar-refractivity contribution is 5.31. The van der Waals surface area contributed by atoms with Crippen molar-refractivity contribution in [2.24, 2.45) is 5.73 Å². The summed E-state index contributed by atoms with van der Waals surface area (Å²) in [5.74, 6) is 0.898. The first-order valence-corrected chi connectivity index (χ1v) is 6.37. The van der Waals surface area contributed by atoms with Crippen LogP contribution in [-0.2, 0) is 5.41 Å². The Balaban J connectivity index is 2.69. The van der Waals surface area contributed by atoms with E-state index in [1.807, 2.05) is 19.1 Å². The van der Waals surface area contributed by atoms with Crippen LogP contribution in [0.15, 0.2) is 24.3 Å². The van der Waals surface area contributed by atoms with E-state index in [0.29, 0.717) is 0 Å². The Bertz CT molecular complexity index is 337. The summed E-state index contributed by atoms with van der Waals surface area (Å²) in [4.78, 5) is 0. The molecule has 0 radical (unpaired) electrons. The van der Waals surface area contributed by atoms with Gasteiger partial charge in [-0.25, -0.2) is 0 Å². The molecular formula is C15H25NO. The third kappa shape index (κ3) is 4.04. The van der Waals surface area contributed by atoms with Crippen molar-refractivity contribution >= 4 is 0 Å². The van der Waals surface area contributed by atoms with Gasteiger partial charge in [-0.2, -0.15) is 0 Å². The van der Waals surface area contributed by atoms with E-state index in [-0.39, 0.29) is 17.6 Å². The number of ether oxygens (including phenoxy) is 1. The fraction of sp³-hybridized carbons (Fsp3) is 0.600. The molecule has 1 aromatic carbocycles. The van der Waals surface area contributed by atoms with Gasteiger partial charge in [-0.1, -0.05) is 39.8 Å². The lowest BCUT2D eigenvalue weighted by Crippen LogP contribution is -2.35. The highest BCUT2D eigenvalue weighted by Crippen LogP contribution is 2.24. The normalized spacial score (nSPS) is 15.4. The molecule has 2 nitrogen and oxygen atoms in total. The first-order chi connectivity index (χ1) is 7.84. The zero-order chi connectivity index (χ0) is 13.1. The molecule has 2 N–H and O–H groups in total. The van der Waals surface area contributed by atoms with Gasteiger partial charge in [-0.3, -0.25) is 0 Å². The molecule has 17 heavy (non-hydrogen) atoms. The third-order valence-corrected chi connectivity index (χ3v) is 3.12. The zero-order valence-electron chi connectivity index (χ0n) is 11.7. The molecule has 2 atom stereocenters. The molecule has 2 heteroatoms. The summed E-state index contributed by atoms with van der Waals surface area (Å²) in [6.07, 6.45) is 0.988. The molecule has 0 saturated carbocycles. The van der Waals surface area contributed by atoms with E-state index >= 15 is 0 Å². The minimum Gasteiger partial charge on any atom is -0.489 e. The average molecular weight is 235 g/mol. The smallest absolute Gasteiger partial charge is 0.119 e. The Morgan fingerprint density at radius 2 is 1.71 bits per heavy atom. The second-order valence-corrected chi connectivity index (χ2v) is 5.67. The molecular weight excluding hydrogens is 210 g/mol. The van der Waals surface area contributed by atoms with Crippen LogP contribution < -0.4 is 10.5 Å². The van der Waals surface area contributed by atoms with Gasteiger partial charge in [0, 0.05) is 6.04 Å². The van der Waals surface area contributed by atoms with Crippen LogP contribution in [0, 0.1) is 0 Å². The maximum absolute atomic E-state index is 5.94. The quantitative estimate of drug-likeness (QED) is 0.867. The molecule has 2 unspecified atom stereocenters. The Morgan fingerprint density at radius 1 is 1.18 bits per heavy atom. The minimum absolute atomic E-state index is 0.0560. The predicted octanol–water partition coefficient (Wildman–Crippen LogP) is 3.49. The second-order valence-electron chi connectivity index (χ2n) is 5.67. The van der Waals surface area contributed by atoms with E-state index in [4.69, 9.17) is 10.5 Å². The first kappa shape index (κ1) is 14.0. The summed E-state index contributed by atoms with van der Waals surface area (Å²) >= 11 is 0. The number of benzene rings is 1. The minimum atomic E-state index is 0.0560. The van der Waals surface area contributed by atoms with Crippen molar-refractivity contribution in [1.82, 2.24) is 0 Å². The SMILES string of the molecule is CCC(N)C(C)Oc1ccc(C(C)(C)C)cc1. The Morgan fingerprint density at radius 3 is 2.12 bits per heavy atom. The fourth-order valence-electron chi connectivity index (χ4n) is 1.67. The van der Waals surface area contributed by atoms with Crippen LogP contribution in [-0.4, -0.2) is 12.1 Å². The predicted molar refractivity (Wildman–Crippen MR) is 73.5 cm³/mol. The standard InChI is InChI=1S/C15H25NO/c1-6-14(16)11(2)17-13-9-7-12(8-10-13)15(3,4)5/h7-11,14H,6,16H2,1-5H3. The summed E-state index contributed by atoms with van der Waals surface area (Å²) in [6, 6.07) is 8.40. The van der Waals surface area contributed by atoms with Crippen molar-refractivity contribution in [3.05, 3.63) is 29.8 Å². The van der Waals surface area contributed by atoms with E-state index in [1.54, 1.807) is 0 Å². The number of hydrogen-bond acceptors (Lipinski definition) is 2. The lowest BCUT2D eigenvalue weighted by molar-refractivity contribution is 0.187. The third-order valence-electron chi connectivity index (χ3n) is 3.12. The van der Waals surface area contributed by atoms with Crippen molar-refractivity contribution in [3.8, 4) is 5.75 Å². The Kier molecular flexibility index (Phi) is 4.58. The number of rotatable bonds is 4. The van der Waals surface area contributed by atoms with Gasteiger partial charge in [0.1, 0.15) is 11.9 Å². The van der Waals surface area contributed by atoms with E-state index in [0.717, 1.165) is 12.2 Å². The molecule has 0 fully saturated rings. The monoisotopic (exact) mass is 235 g/mol. The van der Waals surface area contributed by atoms with Crippen LogP contribution in [0.3, 0.4) is 0 Å². The van der Waals surface area contributed by atoms with E-state index in [2.05, 4.69) is 39.8 Å². The van der Waals surface area contributed by atoms with Crippen molar-refractivity contribution in [2.45, 2.75) is 58.6 Å². The van der Waals surface area contributed by atoms with Crippen molar-refractivity contribution in [3.63, 3.8) is 0 Å². The largest absolute Gasteiger partial charge is 0.489 e. The molecule has 0 aromatic heterocycles. The van der Waals surface area contributed by atoms with Crippen LogP contribution in [0.4, 0.5) is 0 Å². The average Bonchev–Trinajstić information content (AvgIpc) is 2.27. The molecule has 0 aliphatic carbocycles. The van der Waals surface area contributed by atoms with Gasteiger partial charge in [0.2, 0.25) is 0 Å². The molecule has 0 amide bonds. The van der Waals surface area contributed by atoms with Gasteiger partial charge in [0.05, 0.1) is 0 Å². The molecule has 1 aromatic rings. The van der Waals surface area contributed by atoms with Crippen LogP contribution in [0.1, 0.15) is 46.6 Å². The van der Waals surface area contributed by atoms with Gasteiger partial charge < -0.3 is 10.5 Å². The maximum atomic E-state index is 5.94. The van der Waals surface area contributed by atoms with Crippen molar-refractivity contribution in [2.75, 3.05) is 0 Å². The number of nitrogens with two attached hydrogens (primary N) is 1. The van der Waals surface area contributed by atoms with Gasteiger partial charge in [-0.05, 0) is 36.5 Å². The first-order valence-electron chi connectivity index (χ1n) is 6.37. The Labute approximate surface area is 105 Å². The summed E-state index contributed by atoms with van der Waals surface area (Å²) in [6.45, 7) is 10.7. The molecule has 0 heterocycles. The molecule has 1 rings (SSSR count). The van der Waals surface area contributed by atoms with Gasteiger partial charge in [-0.15, -0.1) is 0 Å². The number of hydrogen-bond donors (Lipinski definition) is 1. The van der Waals surface area contributed by atoms with E-state index < -0.39 is 0 Å². The lowest BCUT2D eigenvalue weighted by Gasteiger charge is -2.22. The molecule has 0 aliphatic rings. The van der Waals surface area contributed by atoms with Crippen LogP contribution in [0.2, 0.25) is 0 Å². The van der Waals surface area contributed by atoms with Crippen LogP contribution in [0.5, 0.6) is 5.75 Å². The lowest BCUT2D eigenvalue weighted by atomic mass is 9.87. The van der Waals surface area contributed by atoms with Gasteiger partial charge in [0.25, 0.3) is 0 Å². The van der Waals surface area contributed by atoms with Crippen LogP contribution in [0.25, 0.3) is 0 Å². The fourth-order valence-corrected chi connectivity index (χ4v) is 1.67. The maximum Gasteiger partial charge on any atom is 0.119 e. The van der Waals surface area contributed by atoms with Crippen LogP contribution >= 0.6 is 0 Å². The highest BCUT2D eigenvalue weighted by Gasteiger charge is 2.15. The topological polar surface area (TPSA) is 35.2 Å². The summed E-state index contributed by atoms with van der Waals surface area (Å²) < 4.78 is 5.81. The van der Waals surface area contributed by atoms with Crippen molar-refractivity contribution < 1.29 is 4.74 Å². The zero-order valence-corrected chi connectivity index (χ0v) is 11.7. The molecule has 0 saturated heterocycles. The summed E-state index contributed by atoms with van der Waals surface area (Å²) in [5, 5.41) is 0. The molecule has 0 spiro atoms. The highest BCUT2D eigenvalue weighted by atomic mass is 16.5. The van der Waals surface area contributed by atoms with E-state index in [9.17, 15) is 0 Å². The summed E-state index contributed by atoms with van der Waals surface area (Å²) in [7, 11) is 0.